The number of hydrogen-bond donors (Lipinski definition) is 2. The maximum atomic E-state index is 9.35. The standard InChI is InChI=1S/C8H9NO2/c10-8-5-9(11)7-4-2-1-3-6(7)8/h1-4,8,10-11H,5H2. The van der Waals surface area contributed by atoms with Crippen LogP contribution in [0.3, 0.4) is 0 Å². The molecule has 0 fully saturated rings. The third-order valence-electron chi connectivity index (χ3n) is 1.92. The molecule has 3 heteroatoms. The van der Waals surface area contributed by atoms with Gasteiger partial charge in [-0.15, -0.1) is 0 Å². The largest absolute Gasteiger partial charge is 0.386 e. The van der Waals surface area contributed by atoms with Crippen molar-refractivity contribution in [2.75, 3.05) is 11.6 Å². The second kappa shape index (κ2) is 2.22. The Morgan fingerprint density at radius 2 is 2.09 bits per heavy atom. The lowest BCUT2D eigenvalue weighted by atomic mass is 10.1. The SMILES string of the molecule is OC1CN(O)c2ccccc21. The van der Waals surface area contributed by atoms with E-state index in [1.165, 1.54) is 0 Å². The van der Waals surface area contributed by atoms with Crippen molar-refractivity contribution in [3.05, 3.63) is 29.8 Å². The summed E-state index contributed by atoms with van der Waals surface area (Å²) in [6.45, 7) is 0.277. The Morgan fingerprint density at radius 1 is 1.36 bits per heavy atom. The quantitative estimate of drug-likeness (QED) is 0.579. The van der Waals surface area contributed by atoms with Crippen molar-refractivity contribution in [3.8, 4) is 0 Å². The Kier molecular flexibility index (Phi) is 1.34. The number of β-amino-alcohol motifs (C(OH)–C–C–N with tert-alkyl or cyclic N) is 1. The van der Waals surface area contributed by atoms with Gasteiger partial charge in [-0.1, -0.05) is 18.2 Å². The van der Waals surface area contributed by atoms with Crippen LogP contribution in [0, 0.1) is 0 Å². The molecule has 0 spiro atoms. The molecule has 2 rings (SSSR count). The molecule has 0 bridgehead atoms. The van der Waals surface area contributed by atoms with Gasteiger partial charge in [-0.3, -0.25) is 10.3 Å². The summed E-state index contributed by atoms with van der Waals surface area (Å²) in [5.41, 5.74) is 1.51. The number of nitrogens with zero attached hydrogens (tertiary/aromatic N) is 1. The average Bonchev–Trinajstić information content (AvgIpc) is 2.30. The Hall–Kier alpha value is -1.06. The molecule has 1 atom stereocenters. The van der Waals surface area contributed by atoms with Gasteiger partial charge < -0.3 is 5.11 Å². The smallest absolute Gasteiger partial charge is 0.101 e. The molecule has 1 aliphatic heterocycles. The van der Waals surface area contributed by atoms with Gasteiger partial charge in [0, 0.05) is 5.56 Å². The average molecular weight is 151 g/mol. The minimum absolute atomic E-state index is 0.277. The van der Waals surface area contributed by atoms with Gasteiger partial charge in [0.2, 0.25) is 0 Å². The minimum atomic E-state index is -0.545. The molecule has 0 saturated carbocycles. The highest BCUT2D eigenvalue weighted by Crippen LogP contribution is 2.32. The predicted octanol–water partition coefficient (Wildman–Crippen LogP) is 0.929. The first-order valence-electron chi connectivity index (χ1n) is 3.52. The highest BCUT2D eigenvalue weighted by molar-refractivity contribution is 5.56. The molecule has 0 amide bonds. The second-order valence-corrected chi connectivity index (χ2v) is 2.66. The van der Waals surface area contributed by atoms with E-state index in [2.05, 4.69) is 0 Å². The summed E-state index contributed by atoms with van der Waals surface area (Å²) in [6.07, 6.45) is -0.545. The Labute approximate surface area is 64.5 Å². The fraction of sp³-hybridized carbons (Fsp3) is 0.250. The van der Waals surface area contributed by atoms with Gasteiger partial charge in [0.15, 0.2) is 0 Å². The van der Waals surface area contributed by atoms with Crippen molar-refractivity contribution in [1.82, 2.24) is 0 Å². The normalized spacial score (nSPS) is 22.0. The second-order valence-electron chi connectivity index (χ2n) is 2.66. The molecular weight excluding hydrogens is 142 g/mol. The molecule has 1 aromatic rings. The van der Waals surface area contributed by atoms with E-state index in [4.69, 9.17) is 0 Å². The highest BCUT2D eigenvalue weighted by Gasteiger charge is 2.24. The molecule has 0 radical (unpaired) electrons. The summed E-state index contributed by atoms with van der Waals surface area (Å²) in [7, 11) is 0. The number of fused-ring (bicyclic) bond motifs is 1. The van der Waals surface area contributed by atoms with E-state index in [0.717, 1.165) is 10.6 Å². The summed E-state index contributed by atoms with van der Waals surface area (Å²) >= 11 is 0. The van der Waals surface area contributed by atoms with E-state index in [0.29, 0.717) is 5.69 Å². The van der Waals surface area contributed by atoms with Crippen LogP contribution in [0.25, 0.3) is 0 Å². The van der Waals surface area contributed by atoms with Gasteiger partial charge in [-0.2, -0.15) is 0 Å². The number of anilines is 1. The third kappa shape index (κ3) is 0.895. The molecule has 0 aliphatic carbocycles. The fourth-order valence-electron chi connectivity index (χ4n) is 1.36. The Balaban J connectivity index is 2.52. The highest BCUT2D eigenvalue weighted by atomic mass is 16.5. The number of aliphatic hydroxyl groups excluding tert-OH is 1. The van der Waals surface area contributed by atoms with E-state index >= 15 is 0 Å². The molecular formula is C8H9NO2. The summed E-state index contributed by atoms with van der Waals surface area (Å²) in [6, 6.07) is 7.28. The molecule has 0 saturated heterocycles. The van der Waals surface area contributed by atoms with Gasteiger partial charge >= 0.3 is 0 Å². The lowest BCUT2D eigenvalue weighted by Crippen LogP contribution is -2.15. The van der Waals surface area contributed by atoms with Gasteiger partial charge in [-0.25, -0.2) is 0 Å². The first kappa shape index (κ1) is 6.64. The van der Waals surface area contributed by atoms with Crippen LogP contribution < -0.4 is 5.06 Å². The molecule has 2 N–H and O–H groups in total. The number of hydroxylamine groups is 1. The van der Waals surface area contributed by atoms with Crippen LogP contribution in [-0.4, -0.2) is 16.9 Å². The Bertz CT molecular complexity index is 248. The van der Waals surface area contributed by atoms with E-state index in [1.807, 2.05) is 18.2 Å². The molecule has 3 nitrogen and oxygen atoms in total. The van der Waals surface area contributed by atoms with Crippen LogP contribution >= 0.6 is 0 Å². The molecule has 1 aromatic carbocycles. The van der Waals surface area contributed by atoms with Crippen molar-refractivity contribution in [1.29, 1.82) is 0 Å². The maximum Gasteiger partial charge on any atom is 0.101 e. The molecule has 58 valence electrons. The zero-order valence-electron chi connectivity index (χ0n) is 5.94. The van der Waals surface area contributed by atoms with E-state index in [-0.39, 0.29) is 6.54 Å². The first-order valence-corrected chi connectivity index (χ1v) is 3.52. The molecule has 11 heavy (non-hydrogen) atoms. The van der Waals surface area contributed by atoms with Crippen molar-refractivity contribution in [2.24, 2.45) is 0 Å². The van der Waals surface area contributed by atoms with Crippen LogP contribution in [0.4, 0.5) is 5.69 Å². The van der Waals surface area contributed by atoms with Crippen molar-refractivity contribution in [2.45, 2.75) is 6.10 Å². The van der Waals surface area contributed by atoms with Crippen molar-refractivity contribution < 1.29 is 10.3 Å². The van der Waals surface area contributed by atoms with Crippen molar-refractivity contribution >= 4 is 5.69 Å². The zero-order chi connectivity index (χ0) is 7.84. The van der Waals surface area contributed by atoms with Gasteiger partial charge in [0.1, 0.15) is 6.10 Å². The van der Waals surface area contributed by atoms with Crippen molar-refractivity contribution in [3.63, 3.8) is 0 Å². The lowest BCUT2D eigenvalue weighted by molar-refractivity contribution is 0.159. The monoisotopic (exact) mass is 151 g/mol. The maximum absolute atomic E-state index is 9.35. The lowest BCUT2D eigenvalue weighted by Gasteiger charge is -2.07. The third-order valence-corrected chi connectivity index (χ3v) is 1.92. The number of hydrogen-bond acceptors (Lipinski definition) is 3. The number of aliphatic hydroxyl groups is 1. The number of rotatable bonds is 0. The van der Waals surface area contributed by atoms with E-state index in [1.54, 1.807) is 6.07 Å². The molecule has 0 aromatic heterocycles. The molecule has 1 aliphatic rings. The van der Waals surface area contributed by atoms with Crippen LogP contribution in [0.5, 0.6) is 0 Å². The number of para-hydroxylation sites is 1. The topological polar surface area (TPSA) is 43.7 Å². The Morgan fingerprint density at radius 3 is 2.82 bits per heavy atom. The van der Waals surface area contributed by atoms with Gasteiger partial charge in [0.05, 0.1) is 12.2 Å². The number of benzene rings is 1. The summed E-state index contributed by atoms with van der Waals surface area (Å²) in [4.78, 5) is 0. The van der Waals surface area contributed by atoms with Crippen LogP contribution in [0.1, 0.15) is 11.7 Å². The zero-order valence-corrected chi connectivity index (χ0v) is 5.94. The summed E-state index contributed by atoms with van der Waals surface area (Å²) < 4.78 is 0. The van der Waals surface area contributed by atoms with E-state index in [9.17, 15) is 10.3 Å². The van der Waals surface area contributed by atoms with Gasteiger partial charge in [-0.05, 0) is 6.07 Å². The van der Waals surface area contributed by atoms with Crippen LogP contribution in [0.2, 0.25) is 0 Å². The molecule has 1 unspecified atom stereocenters. The van der Waals surface area contributed by atoms with Crippen LogP contribution in [-0.2, 0) is 0 Å². The predicted molar refractivity (Wildman–Crippen MR) is 40.5 cm³/mol. The first-order chi connectivity index (χ1) is 5.29. The van der Waals surface area contributed by atoms with E-state index < -0.39 is 6.10 Å². The summed E-state index contributed by atoms with van der Waals surface area (Å²) in [5.74, 6) is 0. The minimum Gasteiger partial charge on any atom is -0.386 e. The van der Waals surface area contributed by atoms with Gasteiger partial charge in [0.25, 0.3) is 0 Å². The fourth-order valence-corrected chi connectivity index (χ4v) is 1.36. The van der Waals surface area contributed by atoms with Crippen LogP contribution in [0.15, 0.2) is 24.3 Å². The molecule has 1 heterocycles. The summed E-state index contributed by atoms with van der Waals surface area (Å²) in [5, 5.41) is 19.6.